The van der Waals surface area contributed by atoms with Crippen LogP contribution in [0.4, 0.5) is 23.2 Å². The van der Waals surface area contributed by atoms with E-state index in [1.807, 2.05) is 5.32 Å². The van der Waals surface area contributed by atoms with Gasteiger partial charge in [-0.05, 0) is 42.5 Å². The minimum atomic E-state index is -1.92. The Kier molecular flexibility index (Phi) is 6.40. The van der Waals surface area contributed by atoms with Crippen molar-refractivity contribution in [1.82, 2.24) is 10.3 Å². The Labute approximate surface area is 199 Å². The van der Waals surface area contributed by atoms with Crippen LogP contribution in [0.25, 0.3) is 22.6 Å². The molecule has 4 rings (SSSR count). The van der Waals surface area contributed by atoms with E-state index in [1.165, 1.54) is 12.1 Å². The number of amides is 1. The molecule has 0 fully saturated rings. The van der Waals surface area contributed by atoms with Crippen LogP contribution in [0.3, 0.4) is 0 Å². The third-order valence-corrected chi connectivity index (χ3v) is 5.16. The van der Waals surface area contributed by atoms with Gasteiger partial charge in [-0.1, -0.05) is 23.7 Å². The minimum Gasteiger partial charge on any atom is -0.491 e. The van der Waals surface area contributed by atoms with Crippen molar-refractivity contribution in [2.24, 2.45) is 0 Å². The van der Waals surface area contributed by atoms with Crippen LogP contribution < -0.4 is 15.4 Å². The number of thiocarbonyl (C=S) groups is 1. The molecule has 0 saturated heterocycles. The average Bonchev–Trinajstić information content (AvgIpc) is 3.21. The summed E-state index contributed by atoms with van der Waals surface area (Å²) in [5.74, 6) is -10.1. The van der Waals surface area contributed by atoms with E-state index in [-0.39, 0.29) is 5.89 Å². The van der Waals surface area contributed by atoms with Crippen molar-refractivity contribution in [1.29, 1.82) is 0 Å². The van der Waals surface area contributed by atoms with Crippen LogP contribution in [0.1, 0.15) is 10.4 Å². The molecule has 12 heteroatoms. The van der Waals surface area contributed by atoms with Crippen molar-refractivity contribution >= 4 is 51.6 Å². The molecule has 0 spiro atoms. The second kappa shape index (κ2) is 9.27. The Bertz CT molecular complexity index is 1430. The first kappa shape index (κ1) is 23.5. The summed E-state index contributed by atoms with van der Waals surface area (Å²) in [6.45, 7) is 0. The second-order valence-corrected chi connectivity index (χ2v) is 7.57. The topological polar surface area (TPSA) is 76.4 Å². The summed E-state index contributed by atoms with van der Waals surface area (Å²) in [4.78, 5) is 16.6. The highest BCUT2D eigenvalue weighted by molar-refractivity contribution is 7.80. The molecule has 174 valence electrons. The third-order valence-electron chi connectivity index (χ3n) is 4.63. The van der Waals surface area contributed by atoms with Gasteiger partial charge < -0.3 is 14.5 Å². The van der Waals surface area contributed by atoms with Gasteiger partial charge in [0.25, 0.3) is 5.91 Å². The highest BCUT2D eigenvalue weighted by Gasteiger charge is 2.30. The molecule has 1 amide bonds. The van der Waals surface area contributed by atoms with Crippen molar-refractivity contribution in [3.05, 3.63) is 76.3 Å². The first-order chi connectivity index (χ1) is 16.2. The number of fused-ring (bicyclic) bond motifs is 1. The molecular formula is C22H12ClF4N3O3S. The van der Waals surface area contributed by atoms with E-state index < -0.39 is 45.6 Å². The number of nitrogens with zero attached hydrogens (tertiary/aromatic N) is 1. The van der Waals surface area contributed by atoms with Crippen molar-refractivity contribution < 1.29 is 31.5 Å². The van der Waals surface area contributed by atoms with Crippen molar-refractivity contribution in [3.63, 3.8) is 0 Å². The molecule has 0 bridgehead atoms. The molecule has 2 N–H and O–H groups in total. The van der Waals surface area contributed by atoms with Crippen molar-refractivity contribution in [2.75, 3.05) is 12.4 Å². The van der Waals surface area contributed by atoms with E-state index in [4.69, 9.17) is 28.2 Å². The number of hydrogen-bond acceptors (Lipinski definition) is 5. The molecule has 6 nitrogen and oxygen atoms in total. The Morgan fingerprint density at radius 3 is 2.38 bits per heavy atom. The van der Waals surface area contributed by atoms with E-state index in [2.05, 4.69) is 15.0 Å². The molecule has 1 heterocycles. The van der Waals surface area contributed by atoms with E-state index in [0.717, 1.165) is 7.11 Å². The lowest BCUT2D eigenvalue weighted by Crippen LogP contribution is -2.35. The zero-order valence-electron chi connectivity index (χ0n) is 17.0. The average molecular weight is 510 g/mol. The molecule has 3 aromatic carbocycles. The largest absolute Gasteiger partial charge is 0.491 e. The fourth-order valence-corrected chi connectivity index (χ4v) is 3.50. The first-order valence-corrected chi connectivity index (χ1v) is 10.2. The summed E-state index contributed by atoms with van der Waals surface area (Å²) in [5, 5.41) is 4.64. The molecule has 0 radical (unpaired) electrons. The number of carbonyl (C=O) groups is 1. The van der Waals surface area contributed by atoms with E-state index >= 15 is 0 Å². The number of nitrogens with one attached hydrogen (secondary N) is 2. The van der Waals surface area contributed by atoms with Gasteiger partial charge in [0.15, 0.2) is 28.1 Å². The number of carbonyl (C=O) groups excluding carboxylic acids is 1. The van der Waals surface area contributed by atoms with Gasteiger partial charge in [0, 0.05) is 5.69 Å². The normalized spacial score (nSPS) is 10.9. The summed E-state index contributed by atoms with van der Waals surface area (Å²) < 4.78 is 66.0. The molecule has 0 aliphatic heterocycles. The van der Waals surface area contributed by atoms with Gasteiger partial charge >= 0.3 is 0 Å². The van der Waals surface area contributed by atoms with Crippen molar-refractivity contribution in [3.8, 4) is 17.2 Å². The third kappa shape index (κ3) is 4.27. The first-order valence-electron chi connectivity index (χ1n) is 9.39. The molecule has 4 aromatic rings. The number of rotatable bonds is 4. The standard InChI is InChI=1S/C22H12ClF4N3O3S/c1-32-19-17(26)15(24)14(16(25)18(19)27)20(31)30-22(34)28-9-6-7-13-12(8-9)29-21(33-13)10-4-2-3-5-11(10)23/h2-8H,1H3,(H2,28,30,31,34). The molecule has 0 aliphatic rings. The SMILES string of the molecule is COc1c(F)c(F)c(C(=O)NC(=S)Nc2ccc3oc(-c4ccccc4Cl)nc3c2)c(F)c1F. The fraction of sp³-hybridized carbons (Fsp3) is 0.0455. The summed E-state index contributed by atoms with van der Waals surface area (Å²) in [5.41, 5.74) is 0.288. The van der Waals surface area contributed by atoms with E-state index in [1.54, 1.807) is 30.3 Å². The number of benzene rings is 3. The summed E-state index contributed by atoms with van der Waals surface area (Å²) in [7, 11) is 0.822. The Hall–Kier alpha value is -3.70. The second-order valence-electron chi connectivity index (χ2n) is 6.75. The van der Waals surface area contributed by atoms with Crippen molar-refractivity contribution in [2.45, 2.75) is 0 Å². The fourth-order valence-electron chi connectivity index (χ4n) is 3.07. The molecule has 0 saturated carbocycles. The van der Waals surface area contributed by atoms with Gasteiger partial charge in [0.2, 0.25) is 17.5 Å². The number of methoxy groups -OCH3 is 1. The van der Waals surface area contributed by atoms with Crippen LogP contribution in [-0.2, 0) is 0 Å². The molecule has 34 heavy (non-hydrogen) atoms. The highest BCUT2D eigenvalue weighted by atomic mass is 35.5. The van der Waals surface area contributed by atoms with Gasteiger partial charge in [-0.3, -0.25) is 10.1 Å². The lowest BCUT2D eigenvalue weighted by molar-refractivity contribution is 0.0966. The van der Waals surface area contributed by atoms with Crippen LogP contribution in [0, 0.1) is 23.3 Å². The van der Waals surface area contributed by atoms with E-state index in [0.29, 0.717) is 27.4 Å². The molecule has 0 aliphatic carbocycles. The predicted molar refractivity (Wildman–Crippen MR) is 121 cm³/mol. The Morgan fingerprint density at radius 2 is 1.74 bits per heavy atom. The zero-order valence-corrected chi connectivity index (χ0v) is 18.6. The van der Waals surface area contributed by atoms with Gasteiger partial charge in [0.05, 0.1) is 17.7 Å². The molecule has 0 unspecified atom stereocenters. The summed E-state index contributed by atoms with van der Waals surface area (Å²) >= 11 is 11.1. The number of halogens is 5. The lowest BCUT2D eigenvalue weighted by atomic mass is 10.1. The van der Waals surface area contributed by atoms with Gasteiger partial charge in [-0.2, -0.15) is 8.78 Å². The maximum atomic E-state index is 14.1. The lowest BCUT2D eigenvalue weighted by Gasteiger charge is -2.12. The van der Waals surface area contributed by atoms with E-state index in [9.17, 15) is 22.4 Å². The predicted octanol–water partition coefficient (Wildman–Crippen LogP) is 5.84. The molecule has 1 aromatic heterocycles. The van der Waals surface area contributed by atoms with Crippen LogP contribution >= 0.6 is 23.8 Å². The summed E-state index contributed by atoms with van der Waals surface area (Å²) in [6.07, 6.45) is 0. The summed E-state index contributed by atoms with van der Waals surface area (Å²) in [6, 6.07) is 11.6. The Morgan fingerprint density at radius 1 is 1.06 bits per heavy atom. The van der Waals surface area contributed by atoms with Crippen LogP contribution in [0.5, 0.6) is 5.75 Å². The molecular weight excluding hydrogens is 498 g/mol. The van der Waals surface area contributed by atoms with Gasteiger partial charge in [-0.15, -0.1) is 0 Å². The minimum absolute atomic E-state index is 0.281. The number of hydrogen-bond donors (Lipinski definition) is 2. The number of anilines is 1. The highest BCUT2D eigenvalue weighted by Crippen LogP contribution is 2.31. The smallest absolute Gasteiger partial charge is 0.263 e. The quantitative estimate of drug-likeness (QED) is 0.204. The molecule has 0 atom stereocenters. The van der Waals surface area contributed by atoms with Crippen LogP contribution in [0.15, 0.2) is 46.9 Å². The van der Waals surface area contributed by atoms with Gasteiger partial charge in [-0.25, -0.2) is 13.8 Å². The number of oxazole rings is 1. The maximum absolute atomic E-state index is 14.1. The maximum Gasteiger partial charge on any atom is 0.263 e. The zero-order chi connectivity index (χ0) is 24.6. The number of aromatic nitrogens is 1. The van der Waals surface area contributed by atoms with Crippen LogP contribution in [0.2, 0.25) is 5.02 Å². The number of ether oxygens (including phenoxy) is 1. The monoisotopic (exact) mass is 509 g/mol. The van der Waals surface area contributed by atoms with Crippen LogP contribution in [-0.4, -0.2) is 23.1 Å². The van der Waals surface area contributed by atoms with Gasteiger partial charge in [0.1, 0.15) is 11.1 Å². The Balaban J connectivity index is 1.54.